The fourth-order valence-electron chi connectivity index (χ4n) is 1.88. The van der Waals surface area contributed by atoms with Gasteiger partial charge in [0.25, 0.3) is 0 Å². The first-order chi connectivity index (χ1) is 9.27. The molecule has 0 amide bonds. The van der Waals surface area contributed by atoms with E-state index >= 15 is 0 Å². The van der Waals surface area contributed by atoms with Gasteiger partial charge in [-0.15, -0.1) is 0 Å². The summed E-state index contributed by atoms with van der Waals surface area (Å²) in [6.07, 6.45) is 0. The normalized spacial score (nSPS) is 11.4. The minimum atomic E-state index is -0.491. The van der Waals surface area contributed by atoms with Crippen LogP contribution in [0.25, 0.3) is 0 Å². The molecular formula is C16H18ClFN2. The van der Waals surface area contributed by atoms with Crippen molar-refractivity contribution in [2.24, 2.45) is 0 Å². The lowest BCUT2D eigenvalue weighted by Gasteiger charge is -2.19. The number of hydrogen-bond donors (Lipinski definition) is 2. The van der Waals surface area contributed by atoms with Gasteiger partial charge in [-0.05, 0) is 29.2 Å². The van der Waals surface area contributed by atoms with Crippen LogP contribution < -0.4 is 11.1 Å². The Kier molecular flexibility index (Phi) is 3.91. The lowest BCUT2D eigenvalue weighted by Crippen LogP contribution is -2.10. The van der Waals surface area contributed by atoms with Crippen molar-refractivity contribution in [2.45, 2.75) is 26.2 Å². The molecule has 0 aliphatic carbocycles. The number of nitrogens with two attached hydrogens (primary N) is 1. The van der Waals surface area contributed by atoms with Crippen molar-refractivity contribution in [1.82, 2.24) is 0 Å². The third-order valence-corrected chi connectivity index (χ3v) is 3.41. The van der Waals surface area contributed by atoms with Crippen LogP contribution in [0.5, 0.6) is 0 Å². The maximum Gasteiger partial charge on any atom is 0.144 e. The molecule has 0 atom stereocenters. The van der Waals surface area contributed by atoms with Gasteiger partial charge < -0.3 is 11.1 Å². The molecule has 0 aliphatic rings. The Morgan fingerprint density at radius 2 is 1.70 bits per heavy atom. The van der Waals surface area contributed by atoms with E-state index in [0.29, 0.717) is 11.4 Å². The second kappa shape index (κ2) is 5.33. The maximum atomic E-state index is 13.5. The van der Waals surface area contributed by atoms with E-state index < -0.39 is 5.82 Å². The molecule has 0 aliphatic heterocycles. The van der Waals surface area contributed by atoms with Crippen molar-refractivity contribution in [3.05, 3.63) is 52.8 Å². The Balaban J connectivity index is 2.25. The summed E-state index contributed by atoms with van der Waals surface area (Å²) in [5.74, 6) is -0.491. The molecule has 2 aromatic rings. The third kappa shape index (κ3) is 3.23. The van der Waals surface area contributed by atoms with E-state index in [9.17, 15) is 4.39 Å². The SMILES string of the molecule is CC(C)(C)c1ccc(Nc2cc(F)c(Cl)cc2N)cc1. The summed E-state index contributed by atoms with van der Waals surface area (Å²) < 4.78 is 13.5. The van der Waals surface area contributed by atoms with Gasteiger partial charge >= 0.3 is 0 Å². The van der Waals surface area contributed by atoms with Gasteiger partial charge in [0, 0.05) is 11.8 Å². The Labute approximate surface area is 123 Å². The summed E-state index contributed by atoms with van der Waals surface area (Å²) in [6, 6.07) is 10.7. The minimum absolute atomic E-state index is 0.0242. The van der Waals surface area contributed by atoms with E-state index in [1.54, 1.807) is 0 Å². The van der Waals surface area contributed by atoms with Crippen LogP contribution in [0.2, 0.25) is 5.02 Å². The third-order valence-electron chi connectivity index (χ3n) is 3.12. The van der Waals surface area contributed by atoms with Crippen molar-refractivity contribution in [1.29, 1.82) is 0 Å². The van der Waals surface area contributed by atoms with Gasteiger partial charge in [0.05, 0.1) is 16.4 Å². The van der Waals surface area contributed by atoms with E-state index in [1.165, 1.54) is 17.7 Å². The molecular weight excluding hydrogens is 275 g/mol. The number of nitrogen functional groups attached to an aromatic ring is 1. The van der Waals surface area contributed by atoms with E-state index in [2.05, 4.69) is 26.1 Å². The zero-order chi connectivity index (χ0) is 14.9. The van der Waals surface area contributed by atoms with Crippen LogP contribution in [-0.4, -0.2) is 0 Å². The van der Waals surface area contributed by atoms with Gasteiger partial charge in [-0.1, -0.05) is 44.5 Å². The molecule has 0 aromatic heterocycles. The van der Waals surface area contributed by atoms with Crippen LogP contribution >= 0.6 is 11.6 Å². The Morgan fingerprint density at radius 3 is 2.25 bits per heavy atom. The summed E-state index contributed by atoms with van der Waals surface area (Å²) in [7, 11) is 0. The van der Waals surface area contributed by atoms with Gasteiger partial charge in [-0.2, -0.15) is 0 Å². The van der Waals surface area contributed by atoms with E-state index in [0.717, 1.165) is 5.69 Å². The topological polar surface area (TPSA) is 38.0 Å². The number of nitrogens with one attached hydrogen (secondary N) is 1. The van der Waals surface area contributed by atoms with Crippen molar-refractivity contribution in [3.8, 4) is 0 Å². The number of benzene rings is 2. The van der Waals surface area contributed by atoms with Crippen molar-refractivity contribution >= 4 is 28.7 Å². The van der Waals surface area contributed by atoms with Crippen LogP contribution in [0.3, 0.4) is 0 Å². The lowest BCUT2D eigenvalue weighted by molar-refractivity contribution is 0.590. The number of hydrogen-bond acceptors (Lipinski definition) is 2. The molecule has 0 saturated heterocycles. The van der Waals surface area contributed by atoms with Crippen LogP contribution in [0.15, 0.2) is 36.4 Å². The molecule has 0 bridgehead atoms. The second-order valence-electron chi connectivity index (χ2n) is 5.81. The highest BCUT2D eigenvalue weighted by Crippen LogP contribution is 2.30. The molecule has 3 N–H and O–H groups in total. The fourth-order valence-corrected chi connectivity index (χ4v) is 2.05. The first-order valence-corrected chi connectivity index (χ1v) is 6.77. The molecule has 106 valence electrons. The Bertz CT molecular complexity index is 616. The molecule has 0 saturated carbocycles. The van der Waals surface area contributed by atoms with Gasteiger partial charge in [-0.3, -0.25) is 0 Å². The summed E-state index contributed by atoms with van der Waals surface area (Å²) in [6.45, 7) is 6.46. The first-order valence-electron chi connectivity index (χ1n) is 6.39. The number of rotatable bonds is 2. The number of halogens is 2. The highest BCUT2D eigenvalue weighted by atomic mass is 35.5. The molecule has 2 aromatic carbocycles. The zero-order valence-electron chi connectivity index (χ0n) is 11.8. The van der Waals surface area contributed by atoms with E-state index in [4.69, 9.17) is 17.3 Å². The zero-order valence-corrected chi connectivity index (χ0v) is 12.6. The first kappa shape index (κ1) is 14.7. The van der Waals surface area contributed by atoms with Crippen LogP contribution in [-0.2, 0) is 5.41 Å². The molecule has 0 fully saturated rings. The predicted octanol–water partition coefficient (Wildman–Crippen LogP) is 5.10. The van der Waals surface area contributed by atoms with Crippen molar-refractivity contribution in [2.75, 3.05) is 11.1 Å². The average Bonchev–Trinajstić information content (AvgIpc) is 2.35. The van der Waals surface area contributed by atoms with Crippen LogP contribution in [0.1, 0.15) is 26.3 Å². The van der Waals surface area contributed by atoms with E-state index in [1.807, 2.05) is 24.3 Å². The van der Waals surface area contributed by atoms with Gasteiger partial charge in [0.15, 0.2) is 0 Å². The lowest BCUT2D eigenvalue weighted by atomic mass is 9.87. The highest BCUT2D eigenvalue weighted by molar-refractivity contribution is 6.31. The molecule has 0 heterocycles. The minimum Gasteiger partial charge on any atom is -0.397 e. The summed E-state index contributed by atoms with van der Waals surface area (Å²) in [5.41, 5.74) is 8.94. The van der Waals surface area contributed by atoms with Crippen molar-refractivity contribution in [3.63, 3.8) is 0 Å². The van der Waals surface area contributed by atoms with Gasteiger partial charge in [0.1, 0.15) is 5.82 Å². The molecule has 2 rings (SSSR count). The fraction of sp³-hybridized carbons (Fsp3) is 0.250. The smallest absolute Gasteiger partial charge is 0.144 e. The monoisotopic (exact) mass is 292 g/mol. The molecule has 0 unspecified atom stereocenters. The van der Waals surface area contributed by atoms with Crippen LogP contribution in [0, 0.1) is 5.82 Å². The standard InChI is InChI=1S/C16H18ClFN2/c1-16(2,3)10-4-6-11(7-5-10)20-15-9-13(18)12(17)8-14(15)19/h4-9,20H,19H2,1-3H3. The molecule has 0 spiro atoms. The molecule has 0 radical (unpaired) electrons. The summed E-state index contributed by atoms with van der Waals surface area (Å²) in [5, 5.41) is 3.12. The summed E-state index contributed by atoms with van der Waals surface area (Å²) >= 11 is 5.68. The van der Waals surface area contributed by atoms with Gasteiger partial charge in [-0.25, -0.2) is 4.39 Å². The Hall–Kier alpha value is -1.74. The molecule has 20 heavy (non-hydrogen) atoms. The van der Waals surface area contributed by atoms with Crippen molar-refractivity contribution < 1.29 is 4.39 Å². The molecule has 4 heteroatoms. The molecule has 2 nitrogen and oxygen atoms in total. The summed E-state index contributed by atoms with van der Waals surface area (Å²) in [4.78, 5) is 0. The van der Waals surface area contributed by atoms with Crippen LogP contribution in [0.4, 0.5) is 21.5 Å². The number of anilines is 3. The van der Waals surface area contributed by atoms with E-state index in [-0.39, 0.29) is 10.4 Å². The largest absolute Gasteiger partial charge is 0.397 e. The highest BCUT2D eigenvalue weighted by Gasteiger charge is 2.13. The predicted molar refractivity (Wildman–Crippen MR) is 84.2 cm³/mol. The Morgan fingerprint density at radius 1 is 1.10 bits per heavy atom. The average molecular weight is 293 g/mol. The quantitative estimate of drug-likeness (QED) is 0.756. The second-order valence-corrected chi connectivity index (χ2v) is 6.21. The maximum absolute atomic E-state index is 13.5. The van der Waals surface area contributed by atoms with Gasteiger partial charge in [0.2, 0.25) is 0 Å².